The van der Waals surface area contributed by atoms with E-state index in [0.717, 1.165) is 12.8 Å². The Morgan fingerprint density at radius 1 is 0.964 bits per heavy atom. The summed E-state index contributed by atoms with van der Waals surface area (Å²) in [5, 5.41) is 11.6. The number of fused-ring (bicyclic) bond motifs is 2. The molecule has 2 heterocycles. The average Bonchev–Trinajstić information content (AvgIpc) is 3.00. The summed E-state index contributed by atoms with van der Waals surface area (Å²) in [6.45, 7) is 4.47. The monoisotopic (exact) mass is 379 g/mol. The summed E-state index contributed by atoms with van der Waals surface area (Å²) >= 11 is 0. The minimum absolute atomic E-state index is 0.140. The lowest BCUT2D eigenvalue weighted by Gasteiger charge is -2.41. The van der Waals surface area contributed by atoms with Gasteiger partial charge in [0, 0.05) is 31.0 Å². The summed E-state index contributed by atoms with van der Waals surface area (Å²) in [6.07, 6.45) is 3.89. The van der Waals surface area contributed by atoms with Gasteiger partial charge in [0.2, 0.25) is 5.60 Å². The normalized spacial score (nSPS) is 25.1. The quantitative estimate of drug-likeness (QED) is 0.802. The first-order chi connectivity index (χ1) is 13.5. The van der Waals surface area contributed by atoms with Crippen LogP contribution in [-0.2, 0) is 15.1 Å². The van der Waals surface area contributed by atoms with E-state index in [1.54, 1.807) is 24.3 Å². The van der Waals surface area contributed by atoms with Gasteiger partial charge in [-0.15, -0.1) is 0 Å². The van der Waals surface area contributed by atoms with Crippen molar-refractivity contribution in [3.63, 3.8) is 0 Å². The molecule has 2 atom stereocenters. The zero-order valence-corrected chi connectivity index (χ0v) is 16.6. The van der Waals surface area contributed by atoms with Crippen LogP contribution < -0.4 is 0 Å². The van der Waals surface area contributed by atoms with Crippen LogP contribution in [0.5, 0.6) is 0 Å². The summed E-state index contributed by atoms with van der Waals surface area (Å²) in [4.78, 5) is 15.9. The zero-order chi connectivity index (χ0) is 19.7. The minimum Gasteiger partial charge on any atom is -0.460 e. The average molecular weight is 380 g/mol. The molecule has 148 valence electrons. The number of benzene rings is 2. The third kappa shape index (κ3) is 3.36. The Balaban J connectivity index is 1.58. The van der Waals surface area contributed by atoms with Gasteiger partial charge in [0.05, 0.1) is 0 Å². The fourth-order valence-electron chi connectivity index (χ4n) is 5.10. The maximum atomic E-state index is 13.3. The molecule has 0 radical (unpaired) electrons. The predicted molar refractivity (Wildman–Crippen MR) is 109 cm³/mol. The van der Waals surface area contributed by atoms with Crippen molar-refractivity contribution in [3.8, 4) is 0 Å². The predicted octanol–water partition coefficient (Wildman–Crippen LogP) is 3.87. The van der Waals surface area contributed by atoms with Crippen molar-refractivity contribution in [3.05, 3.63) is 71.8 Å². The van der Waals surface area contributed by atoms with Gasteiger partial charge in [-0.05, 0) is 37.8 Å². The number of hydrogen-bond acceptors (Lipinski definition) is 4. The second-order valence-corrected chi connectivity index (χ2v) is 8.37. The molecule has 0 aromatic heterocycles. The van der Waals surface area contributed by atoms with E-state index >= 15 is 0 Å². The molecular weight excluding hydrogens is 350 g/mol. The van der Waals surface area contributed by atoms with Crippen LogP contribution >= 0.6 is 0 Å². The van der Waals surface area contributed by atoms with Crippen LogP contribution in [0.1, 0.15) is 50.7 Å². The van der Waals surface area contributed by atoms with Crippen LogP contribution in [0.15, 0.2) is 60.7 Å². The molecule has 2 saturated heterocycles. The summed E-state index contributed by atoms with van der Waals surface area (Å²) in [5.41, 5.74) is -0.723. The molecule has 2 bridgehead atoms. The number of ether oxygens (including phenoxy) is 1. The van der Waals surface area contributed by atoms with Crippen molar-refractivity contribution >= 4 is 5.97 Å². The van der Waals surface area contributed by atoms with Gasteiger partial charge in [0.1, 0.15) is 6.10 Å². The van der Waals surface area contributed by atoms with E-state index in [9.17, 15) is 9.90 Å². The van der Waals surface area contributed by atoms with E-state index < -0.39 is 11.6 Å². The molecule has 2 unspecified atom stereocenters. The lowest BCUT2D eigenvalue weighted by Crippen LogP contribution is -2.50. The second kappa shape index (κ2) is 7.69. The van der Waals surface area contributed by atoms with Crippen molar-refractivity contribution in [1.82, 2.24) is 4.90 Å². The van der Waals surface area contributed by atoms with E-state index in [0.29, 0.717) is 29.3 Å². The number of esters is 1. The molecule has 1 N–H and O–H groups in total. The highest BCUT2D eigenvalue weighted by atomic mass is 16.6. The highest BCUT2D eigenvalue weighted by molar-refractivity contribution is 5.85. The molecule has 2 aromatic carbocycles. The zero-order valence-electron chi connectivity index (χ0n) is 16.6. The van der Waals surface area contributed by atoms with E-state index in [-0.39, 0.29) is 6.10 Å². The molecule has 0 amide bonds. The Labute approximate surface area is 167 Å². The number of carbonyl (C=O) groups excluding carboxylic acids is 1. The SMILES string of the molecule is CC(C)N1C2CCC1CC(OC(=O)C(O)(c1ccccc1)c1ccccc1)C2. The molecular formula is C24H29NO3. The Bertz CT molecular complexity index is 752. The molecule has 0 aliphatic carbocycles. The van der Waals surface area contributed by atoms with Crippen molar-refractivity contribution < 1.29 is 14.6 Å². The third-order valence-electron chi connectivity index (χ3n) is 6.29. The Hall–Kier alpha value is -2.17. The lowest BCUT2D eigenvalue weighted by molar-refractivity contribution is -0.171. The maximum Gasteiger partial charge on any atom is 0.347 e. The van der Waals surface area contributed by atoms with Crippen molar-refractivity contribution in [2.45, 2.75) is 69.4 Å². The maximum absolute atomic E-state index is 13.3. The van der Waals surface area contributed by atoms with Gasteiger partial charge in [-0.1, -0.05) is 60.7 Å². The molecule has 4 heteroatoms. The third-order valence-corrected chi connectivity index (χ3v) is 6.29. The Morgan fingerprint density at radius 3 is 1.86 bits per heavy atom. The number of aliphatic hydroxyl groups is 1. The molecule has 2 fully saturated rings. The summed E-state index contributed by atoms with van der Waals surface area (Å²) in [5.74, 6) is -0.577. The largest absolute Gasteiger partial charge is 0.460 e. The van der Waals surface area contributed by atoms with Gasteiger partial charge in [-0.3, -0.25) is 4.90 Å². The molecule has 0 spiro atoms. The smallest absolute Gasteiger partial charge is 0.347 e. The van der Waals surface area contributed by atoms with E-state index in [1.165, 1.54) is 12.8 Å². The molecule has 2 aliphatic heterocycles. The van der Waals surface area contributed by atoms with Crippen LogP contribution in [0.3, 0.4) is 0 Å². The summed E-state index contributed by atoms with van der Waals surface area (Å²) in [6, 6.07) is 19.6. The minimum atomic E-state index is -1.79. The van der Waals surface area contributed by atoms with Crippen LogP contribution in [0.25, 0.3) is 0 Å². The van der Waals surface area contributed by atoms with Gasteiger partial charge < -0.3 is 9.84 Å². The number of rotatable bonds is 5. The molecule has 4 nitrogen and oxygen atoms in total. The highest BCUT2D eigenvalue weighted by Crippen LogP contribution is 2.39. The van der Waals surface area contributed by atoms with Crippen LogP contribution in [0, 0.1) is 0 Å². The van der Waals surface area contributed by atoms with Gasteiger partial charge in [0.25, 0.3) is 0 Å². The standard InChI is InChI=1S/C24H29NO3/c1-17(2)25-20-13-14-21(25)16-22(15-20)28-23(26)24(27,18-9-5-3-6-10-18)19-11-7-4-8-12-19/h3-12,17,20-22,27H,13-16H2,1-2H3. The number of piperidine rings is 1. The lowest BCUT2D eigenvalue weighted by atomic mass is 9.86. The van der Waals surface area contributed by atoms with Crippen molar-refractivity contribution in [2.75, 3.05) is 0 Å². The van der Waals surface area contributed by atoms with Crippen LogP contribution in [0.2, 0.25) is 0 Å². The van der Waals surface area contributed by atoms with Gasteiger partial charge >= 0.3 is 5.97 Å². The van der Waals surface area contributed by atoms with Crippen molar-refractivity contribution in [1.29, 1.82) is 0 Å². The van der Waals surface area contributed by atoms with E-state index in [2.05, 4.69) is 18.7 Å². The van der Waals surface area contributed by atoms with Crippen molar-refractivity contribution in [2.24, 2.45) is 0 Å². The Morgan fingerprint density at radius 2 is 1.43 bits per heavy atom. The molecule has 0 saturated carbocycles. The molecule has 4 rings (SSSR count). The molecule has 28 heavy (non-hydrogen) atoms. The fourth-order valence-corrected chi connectivity index (χ4v) is 5.10. The first-order valence-electron chi connectivity index (χ1n) is 10.3. The van der Waals surface area contributed by atoms with E-state index in [4.69, 9.17) is 4.74 Å². The first-order valence-corrected chi connectivity index (χ1v) is 10.3. The first kappa shape index (κ1) is 19.2. The Kier molecular flexibility index (Phi) is 5.26. The number of nitrogens with zero attached hydrogens (tertiary/aromatic N) is 1. The fraction of sp³-hybridized carbons (Fsp3) is 0.458. The number of hydrogen-bond donors (Lipinski definition) is 1. The van der Waals surface area contributed by atoms with Crippen LogP contribution in [0.4, 0.5) is 0 Å². The van der Waals surface area contributed by atoms with E-state index in [1.807, 2.05) is 36.4 Å². The summed E-state index contributed by atoms with van der Waals surface area (Å²) < 4.78 is 5.96. The van der Waals surface area contributed by atoms with Crippen LogP contribution in [-0.4, -0.2) is 40.2 Å². The van der Waals surface area contributed by atoms with Gasteiger partial charge in [-0.25, -0.2) is 4.79 Å². The molecule has 2 aliphatic rings. The van der Waals surface area contributed by atoms with Gasteiger partial charge in [-0.2, -0.15) is 0 Å². The summed E-state index contributed by atoms with van der Waals surface area (Å²) in [7, 11) is 0. The topological polar surface area (TPSA) is 49.8 Å². The highest BCUT2D eigenvalue weighted by Gasteiger charge is 2.46. The molecule has 2 aromatic rings. The van der Waals surface area contributed by atoms with Gasteiger partial charge in [0.15, 0.2) is 0 Å². The number of carbonyl (C=O) groups is 1. The second-order valence-electron chi connectivity index (χ2n) is 8.37.